The molecule has 0 aliphatic rings. The third-order valence-corrected chi connectivity index (χ3v) is 14.0. The molecule has 1 unspecified atom stereocenters. The van der Waals surface area contributed by atoms with Crippen LogP contribution >= 0.6 is 0 Å². The van der Waals surface area contributed by atoms with Crippen LogP contribution in [0.1, 0.15) is 329 Å². The largest absolute Gasteiger partial charge is 0.462 e. The lowest BCUT2D eigenvalue weighted by Crippen LogP contribution is -2.30. The van der Waals surface area contributed by atoms with Crippen LogP contribution in [0.25, 0.3) is 0 Å². The van der Waals surface area contributed by atoms with Crippen LogP contribution in [0.15, 0.2) is 60.8 Å². The lowest BCUT2D eigenvalue weighted by atomic mass is 10.0. The summed E-state index contributed by atoms with van der Waals surface area (Å²) in [5, 5.41) is 0. The Labute approximate surface area is 453 Å². The Morgan fingerprint density at radius 1 is 0.274 bits per heavy atom. The highest BCUT2D eigenvalue weighted by molar-refractivity contribution is 5.71. The molecule has 0 heterocycles. The molecule has 0 aliphatic heterocycles. The fourth-order valence-electron chi connectivity index (χ4n) is 9.17. The van der Waals surface area contributed by atoms with Gasteiger partial charge in [0.15, 0.2) is 6.10 Å². The monoisotopic (exact) mass is 1020 g/mol. The molecule has 0 aromatic rings. The van der Waals surface area contributed by atoms with E-state index in [1.165, 1.54) is 193 Å². The molecule has 0 aliphatic carbocycles. The van der Waals surface area contributed by atoms with Gasteiger partial charge in [0.1, 0.15) is 13.2 Å². The highest BCUT2D eigenvalue weighted by Crippen LogP contribution is 2.17. The molecule has 0 N–H and O–H groups in total. The first-order valence-corrected chi connectivity index (χ1v) is 31.8. The van der Waals surface area contributed by atoms with E-state index in [1.54, 1.807) is 0 Å². The van der Waals surface area contributed by atoms with Gasteiger partial charge in [0.05, 0.1) is 0 Å². The van der Waals surface area contributed by atoms with Crippen molar-refractivity contribution in [1.29, 1.82) is 0 Å². The quantitative estimate of drug-likeness (QED) is 0.0261. The number of hydrogen-bond acceptors (Lipinski definition) is 6. The Balaban J connectivity index is 4.34. The first-order chi connectivity index (χ1) is 36.0. The van der Waals surface area contributed by atoms with Crippen LogP contribution < -0.4 is 0 Å². The second kappa shape index (κ2) is 61.7. The molecule has 0 saturated heterocycles. The van der Waals surface area contributed by atoms with Gasteiger partial charge in [-0.25, -0.2) is 0 Å². The van der Waals surface area contributed by atoms with Crippen molar-refractivity contribution in [2.24, 2.45) is 0 Å². The molecule has 0 saturated carbocycles. The maximum atomic E-state index is 12.9. The van der Waals surface area contributed by atoms with E-state index in [2.05, 4.69) is 81.5 Å². The van der Waals surface area contributed by atoms with Crippen LogP contribution in [0.2, 0.25) is 0 Å². The lowest BCUT2D eigenvalue weighted by Gasteiger charge is -2.18. The summed E-state index contributed by atoms with van der Waals surface area (Å²) < 4.78 is 16.9. The molecule has 0 rings (SSSR count). The molecule has 0 amide bonds. The highest BCUT2D eigenvalue weighted by atomic mass is 16.6. The predicted molar refractivity (Wildman–Crippen MR) is 316 cm³/mol. The number of hydrogen-bond donors (Lipinski definition) is 0. The highest BCUT2D eigenvalue weighted by Gasteiger charge is 2.19. The fraction of sp³-hybridized carbons (Fsp3) is 0.806. The first kappa shape index (κ1) is 70.1. The standard InChI is InChI=1S/C67H120O6/c1-4-7-10-13-16-19-22-25-28-30-32-33-34-35-36-38-39-42-45-48-51-54-57-60-66(69)72-63-64(62-71-65(68)59-56-53-50-47-44-41-27-24-21-18-15-12-9-6-3)73-67(70)61-58-55-52-49-46-43-40-37-31-29-26-23-20-17-14-11-8-5-2/h15,18,22,24-25,27,30,32,34-35,64H,4-14,16-17,19-21,23,26,28-29,31,33,36-63H2,1-3H3/b18-15-,25-22-,27-24-,32-30-,35-34-. The van der Waals surface area contributed by atoms with Gasteiger partial charge in [-0.15, -0.1) is 0 Å². The van der Waals surface area contributed by atoms with E-state index in [0.29, 0.717) is 19.3 Å². The molecular formula is C67H120O6. The molecule has 0 aromatic heterocycles. The normalized spacial score (nSPS) is 12.4. The van der Waals surface area contributed by atoms with Gasteiger partial charge < -0.3 is 14.2 Å². The lowest BCUT2D eigenvalue weighted by molar-refractivity contribution is -0.167. The van der Waals surface area contributed by atoms with Gasteiger partial charge in [-0.2, -0.15) is 0 Å². The first-order valence-electron chi connectivity index (χ1n) is 31.8. The average molecular weight is 1020 g/mol. The number of unbranched alkanes of at least 4 members (excludes halogenated alkanes) is 37. The molecule has 1 atom stereocenters. The van der Waals surface area contributed by atoms with E-state index in [4.69, 9.17) is 14.2 Å². The Morgan fingerprint density at radius 2 is 0.507 bits per heavy atom. The molecule has 0 aromatic carbocycles. The zero-order chi connectivity index (χ0) is 52.9. The molecule has 6 heteroatoms. The number of rotatable bonds is 58. The SMILES string of the molecule is CCCC/C=C\C/C=C\CCCCCCCC(=O)OCC(COC(=O)CCCCCCCCCC/C=C\C/C=C\C/C=C\CCCCCCC)OC(=O)CCCCCCCCCCCCCCCCCCCC. The van der Waals surface area contributed by atoms with Gasteiger partial charge in [-0.1, -0.05) is 287 Å². The minimum Gasteiger partial charge on any atom is -0.462 e. The van der Waals surface area contributed by atoms with Gasteiger partial charge in [-0.3, -0.25) is 14.4 Å². The van der Waals surface area contributed by atoms with Crippen molar-refractivity contribution in [2.75, 3.05) is 13.2 Å². The minimum atomic E-state index is -0.782. The summed E-state index contributed by atoms with van der Waals surface area (Å²) in [6, 6.07) is 0. The van der Waals surface area contributed by atoms with Crippen molar-refractivity contribution in [3.8, 4) is 0 Å². The van der Waals surface area contributed by atoms with E-state index >= 15 is 0 Å². The Bertz CT molecular complexity index is 1310. The van der Waals surface area contributed by atoms with E-state index in [9.17, 15) is 14.4 Å². The second-order valence-electron chi connectivity index (χ2n) is 21.3. The van der Waals surface area contributed by atoms with Crippen molar-refractivity contribution in [3.05, 3.63) is 60.8 Å². The summed E-state index contributed by atoms with van der Waals surface area (Å²) in [6.45, 7) is 6.61. The van der Waals surface area contributed by atoms with E-state index in [-0.39, 0.29) is 31.1 Å². The predicted octanol–water partition coefficient (Wildman–Crippen LogP) is 21.6. The van der Waals surface area contributed by atoms with Gasteiger partial charge in [0.2, 0.25) is 0 Å². The smallest absolute Gasteiger partial charge is 0.306 e. The maximum absolute atomic E-state index is 12.9. The second-order valence-corrected chi connectivity index (χ2v) is 21.3. The molecule has 6 nitrogen and oxygen atoms in total. The minimum absolute atomic E-state index is 0.0799. The third-order valence-electron chi connectivity index (χ3n) is 14.0. The van der Waals surface area contributed by atoms with Crippen LogP contribution in [-0.2, 0) is 28.6 Å². The average Bonchev–Trinajstić information content (AvgIpc) is 3.39. The zero-order valence-corrected chi connectivity index (χ0v) is 48.7. The molecule has 0 radical (unpaired) electrons. The van der Waals surface area contributed by atoms with Crippen LogP contribution in [0.4, 0.5) is 0 Å². The number of carbonyl (C=O) groups excluding carboxylic acids is 3. The van der Waals surface area contributed by atoms with Gasteiger partial charge in [0, 0.05) is 19.3 Å². The summed E-state index contributed by atoms with van der Waals surface area (Å²) in [4.78, 5) is 38.3. The zero-order valence-electron chi connectivity index (χ0n) is 48.7. The molecule has 73 heavy (non-hydrogen) atoms. The van der Waals surface area contributed by atoms with Crippen molar-refractivity contribution < 1.29 is 28.6 Å². The van der Waals surface area contributed by atoms with Crippen molar-refractivity contribution >= 4 is 17.9 Å². The molecular weight excluding hydrogens is 901 g/mol. The van der Waals surface area contributed by atoms with E-state index in [0.717, 1.165) is 96.3 Å². The number of esters is 3. The summed E-state index contributed by atoms with van der Waals surface area (Å²) in [5.74, 6) is -0.883. The van der Waals surface area contributed by atoms with Crippen LogP contribution in [0.3, 0.4) is 0 Å². The van der Waals surface area contributed by atoms with Crippen molar-refractivity contribution in [3.63, 3.8) is 0 Å². The van der Waals surface area contributed by atoms with Crippen LogP contribution in [0.5, 0.6) is 0 Å². The fourth-order valence-corrected chi connectivity index (χ4v) is 9.17. The summed E-state index contributed by atoms with van der Waals surface area (Å²) in [6.07, 6.45) is 77.9. The summed E-state index contributed by atoms with van der Waals surface area (Å²) in [7, 11) is 0. The molecule has 0 bridgehead atoms. The summed E-state index contributed by atoms with van der Waals surface area (Å²) >= 11 is 0. The van der Waals surface area contributed by atoms with Crippen LogP contribution in [0, 0.1) is 0 Å². The Morgan fingerprint density at radius 3 is 0.808 bits per heavy atom. The number of ether oxygens (including phenoxy) is 3. The topological polar surface area (TPSA) is 78.9 Å². The van der Waals surface area contributed by atoms with Crippen molar-refractivity contribution in [2.45, 2.75) is 335 Å². The van der Waals surface area contributed by atoms with Crippen LogP contribution in [-0.4, -0.2) is 37.2 Å². The molecule has 0 fully saturated rings. The Hall–Kier alpha value is -2.89. The Kier molecular flexibility index (Phi) is 59.2. The molecule has 0 spiro atoms. The van der Waals surface area contributed by atoms with Crippen molar-refractivity contribution in [1.82, 2.24) is 0 Å². The molecule has 424 valence electrons. The van der Waals surface area contributed by atoms with E-state index < -0.39 is 6.10 Å². The van der Waals surface area contributed by atoms with Gasteiger partial charge in [0.25, 0.3) is 0 Å². The summed E-state index contributed by atoms with van der Waals surface area (Å²) in [5.41, 5.74) is 0. The van der Waals surface area contributed by atoms with Gasteiger partial charge >= 0.3 is 17.9 Å². The third kappa shape index (κ3) is 59.9. The maximum Gasteiger partial charge on any atom is 0.306 e. The number of carbonyl (C=O) groups is 3. The van der Waals surface area contributed by atoms with E-state index in [1.807, 2.05) is 0 Å². The van der Waals surface area contributed by atoms with Gasteiger partial charge in [-0.05, 0) is 83.5 Å². The number of allylic oxidation sites excluding steroid dienone is 10.